The molecule has 27 heavy (non-hydrogen) atoms. The summed E-state index contributed by atoms with van der Waals surface area (Å²) in [4.78, 5) is 16.3. The van der Waals surface area contributed by atoms with Gasteiger partial charge in [-0.3, -0.25) is 14.3 Å². The van der Waals surface area contributed by atoms with Crippen LogP contribution in [0.2, 0.25) is 0 Å². The van der Waals surface area contributed by atoms with E-state index >= 15 is 0 Å². The van der Waals surface area contributed by atoms with E-state index < -0.39 is 0 Å². The van der Waals surface area contributed by atoms with E-state index in [1.165, 1.54) is 11.8 Å². The number of carbonyl (C=O) groups excluding carboxylic acids is 1. The third kappa shape index (κ3) is 3.99. The molecule has 1 aromatic carbocycles. The maximum Gasteiger partial charge on any atom is 0.234 e. The second-order valence-electron chi connectivity index (χ2n) is 6.17. The molecule has 0 atom stereocenters. The number of benzene rings is 1. The molecule has 0 saturated heterocycles. The van der Waals surface area contributed by atoms with E-state index in [-0.39, 0.29) is 11.7 Å². The first-order chi connectivity index (χ1) is 13.2. The summed E-state index contributed by atoms with van der Waals surface area (Å²) in [5.74, 6) is 0.928. The standard InChI is InChI=1S/C19H16N6OS/c20-11-13-1-3-15(4-2-13)22-17(26)12-27-19-24-23-18(25(19)16-5-6-16)14-7-9-21-10-8-14/h1-4,7-10,16H,5-6,12H2,(H,22,26). The van der Waals surface area contributed by atoms with Crippen LogP contribution in [0.5, 0.6) is 0 Å². The number of carbonyl (C=O) groups is 1. The molecule has 0 bridgehead atoms. The van der Waals surface area contributed by atoms with Crippen LogP contribution in [-0.2, 0) is 4.79 Å². The van der Waals surface area contributed by atoms with Gasteiger partial charge in [0.15, 0.2) is 11.0 Å². The lowest BCUT2D eigenvalue weighted by Crippen LogP contribution is -2.14. The Morgan fingerprint density at radius 1 is 1.19 bits per heavy atom. The van der Waals surface area contributed by atoms with E-state index in [1.807, 2.05) is 12.1 Å². The van der Waals surface area contributed by atoms with Crippen LogP contribution in [0, 0.1) is 11.3 Å². The van der Waals surface area contributed by atoms with Crippen molar-refractivity contribution in [3.05, 3.63) is 54.4 Å². The van der Waals surface area contributed by atoms with Gasteiger partial charge in [0.05, 0.1) is 17.4 Å². The van der Waals surface area contributed by atoms with Crippen LogP contribution >= 0.6 is 11.8 Å². The van der Waals surface area contributed by atoms with Crippen molar-refractivity contribution in [2.45, 2.75) is 24.0 Å². The Morgan fingerprint density at radius 3 is 2.59 bits per heavy atom. The first-order valence-corrected chi connectivity index (χ1v) is 9.51. The van der Waals surface area contributed by atoms with Crippen molar-refractivity contribution in [3.63, 3.8) is 0 Å². The molecular formula is C19H16N6OS. The molecule has 2 heterocycles. The number of anilines is 1. The summed E-state index contributed by atoms with van der Waals surface area (Å²) in [7, 11) is 0. The van der Waals surface area contributed by atoms with Crippen molar-refractivity contribution in [2.75, 3.05) is 11.1 Å². The number of hydrogen-bond acceptors (Lipinski definition) is 6. The fourth-order valence-electron chi connectivity index (χ4n) is 2.69. The van der Waals surface area contributed by atoms with Crippen molar-refractivity contribution in [1.29, 1.82) is 5.26 Å². The molecule has 4 rings (SSSR count). The van der Waals surface area contributed by atoms with Crippen LogP contribution in [-0.4, -0.2) is 31.4 Å². The van der Waals surface area contributed by atoms with E-state index in [0.717, 1.165) is 29.4 Å². The number of nitrogens with one attached hydrogen (secondary N) is 1. The van der Waals surface area contributed by atoms with Crippen molar-refractivity contribution in [1.82, 2.24) is 19.7 Å². The zero-order valence-electron chi connectivity index (χ0n) is 14.4. The van der Waals surface area contributed by atoms with E-state index in [2.05, 4.69) is 31.1 Å². The number of aromatic nitrogens is 4. The number of amides is 1. The fourth-order valence-corrected chi connectivity index (χ4v) is 3.50. The highest BCUT2D eigenvalue weighted by molar-refractivity contribution is 7.99. The Labute approximate surface area is 160 Å². The predicted molar refractivity (Wildman–Crippen MR) is 102 cm³/mol. The average Bonchev–Trinajstić information content (AvgIpc) is 3.46. The molecule has 1 saturated carbocycles. The fraction of sp³-hybridized carbons (Fsp3) is 0.211. The van der Waals surface area contributed by atoms with Gasteiger partial charge in [0.1, 0.15) is 0 Å². The van der Waals surface area contributed by atoms with Crippen LogP contribution in [0.4, 0.5) is 5.69 Å². The molecule has 3 aromatic rings. The summed E-state index contributed by atoms with van der Waals surface area (Å²) in [6.07, 6.45) is 5.67. The maximum absolute atomic E-state index is 12.3. The lowest BCUT2D eigenvalue weighted by Gasteiger charge is -2.09. The molecule has 8 heteroatoms. The van der Waals surface area contributed by atoms with Crippen LogP contribution in [0.15, 0.2) is 53.9 Å². The highest BCUT2D eigenvalue weighted by atomic mass is 32.2. The van der Waals surface area contributed by atoms with Gasteiger partial charge in [-0.15, -0.1) is 10.2 Å². The van der Waals surface area contributed by atoms with Crippen molar-refractivity contribution < 1.29 is 4.79 Å². The summed E-state index contributed by atoms with van der Waals surface area (Å²) in [5.41, 5.74) is 2.20. The molecule has 1 N–H and O–H groups in total. The second kappa shape index (κ2) is 7.60. The van der Waals surface area contributed by atoms with Gasteiger partial charge in [0.25, 0.3) is 0 Å². The molecule has 7 nitrogen and oxygen atoms in total. The van der Waals surface area contributed by atoms with Crippen LogP contribution in [0.25, 0.3) is 11.4 Å². The third-order valence-electron chi connectivity index (χ3n) is 4.15. The van der Waals surface area contributed by atoms with Crippen LogP contribution < -0.4 is 5.32 Å². The van der Waals surface area contributed by atoms with Gasteiger partial charge in [0.2, 0.25) is 5.91 Å². The van der Waals surface area contributed by atoms with Gasteiger partial charge >= 0.3 is 0 Å². The van der Waals surface area contributed by atoms with Crippen LogP contribution in [0.1, 0.15) is 24.4 Å². The van der Waals surface area contributed by atoms with Crippen molar-refractivity contribution in [2.24, 2.45) is 0 Å². The maximum atomic E-state index is 12.3. The van der Waals surface area contributed by atoms with Gasteiger partial charge in [-0.1, -0.05) is 11.8 Å². The minimum Gasteiger partial charge on any atom is -0.325 e. The number of nitrogens with zero attached hydrogens (tertiary/aromatic N) is 5. The van der Waals surface area contributed by atoms with Gasteiger partial charge < -0.3 is 5.32 Å². The molecule has 0 spiro atoms. The summed E-state index contributed by atoms with van der Waals surface area (Å²) >= 11 is 1.38. The molecule has 0 radical (unpaired) electrons. The normalized spacial score (nSPS) is 13.1. The van der Waals surface area contributed by atoms with Gasteiger partial charge in [-0.25, -0.2) is 0 Å². The minimum atomic E-state index is -0.125. The molecule has 0 unspecified atom stereocenters. The van der Waals surface area contributed by atoms with Crippen molar-refractivity contribution >= 4 is 23.4 Å². The molecule has 0 aliphatic heterocycles. The quantitative estimate of drug-likeness (QED) is 0.663. The summed E-state index contributed by atoms with van der Waals surface area (Å²) in [6.45, 7) is 0. The van der Waals surface area contributed by atoms with E-state index in [1.54, 1.807) is 36.7 Å². The second-order valence-corrected chi connectivity index (χ2v) is 7.11. The molecule has 134 valence electrons. The smallest absolute Gasteiger partial charge is 0.234 e. The van der Waals surface area contributed by atoms with Crippen LogP contribution in [0.3, 0.4) is 0 Å². The lowest BCUT2D eigenvalue weighted by molar-refractivity contribution is -0.113. The first kappa shape index (κ1) is 17.2. The number of pyridine rings is 1. The Bertz CT molecular complexity index is 989. The Balaban J connectivity index is 1.44. The average molecular weight is 376 g/mol. The Hall–Kier alpha value is -3.18. The predicted octanol–water partition coefficient (Wildman–Crippen LogP) is 3.28. The summed E-state index contributed by atoms with van der Waals surface area (Å²) in [6, 6.07) is 13.1. The molecule has 1 amide bonds. The van der Waals surface area contributed by atoms with Gasteiger partial charge in [0, 0.05) is 29.7 Å². The highest BCUT2D eigenvalue weighted by Crippen LogP contribution is 2.40. The monoisotopic (exact) mass is 376 g/mol. The topological polar surface area (TPSA) is 96.5 Å². The molecular weight excluding hydrogens is 360 g/mol. The lowest BCUT2D eigenvalue weighted by atomic mass is 10.2. The zero-order chi connectivity index (χ0) is 18.6. The summed E-state index contributed by atoms with van der Waals surface area (Å²) in [5, 5.41) is 21.0. The van der Waals surface area contributed by atoms with E-state index in [9.17, 15) is 4.79 Å². The number of hydrogen-bond donors (Lipinski definition) is 1. The highest BCUT2D eigenvalue weighted by Gasteiger charge is 2.30. The molecule has 1 fully saturated rings. The largest absolute Gasteiger partial charge is 0.325 e. The van der Waals surface area contributed by atoms with Gasteiger partial charge in [-0.05, 0) is 49.2 Å². The molecule has 1 aliphatic rings. The van der Waals surface area contributed by atoms with E-state index in [0.29, 0.717) is 17.3 Å². The van der Waals surface area contributed by atoms with Gasteiger partial charge in [-0.2, -0.15) is 5.26 Å². The molecule has 2 aromatic heterocycles. The first-order valence-electron chi connectivity index (χ1n) is 8.52. The van der Waals surface area contributed by atoms with E-state index in [4.69, 9.17) is 5.26 Å². The molecule has 1 aliphatic carbocycles. The summed E-state index contributed by atoms with van der Waals surface area (Å²) < 4.78 is 2.12. The zero-order valence-corrected chi connectivity index (χ0v) is 15.2. The Morgan fingerprint density at radius 2 is 1.93 bits per heavy atom. The SMILES string of the molecule is N#Cc1ccc(NC(=O)CSc2nnc(-c3ccncc3)n2C2CC2)cc1. The number of rotatable bonds is 6. The number of thioether (sulfide) groups is 1. The van der Waals surface area contributed by atoms with Crippen molar-refractivity contribution in [3.8, 4) is 17.5 Å². The third-order valence-corrected chi connectivity index (χ3v) is 5.09. The number of nitriles is 1. The Kier molecular flexibility index (Phi) is 4.85. The minimum absolute atomic E-state index is 0.125.